The molecule has 1 aromatic carbocycles. The quantitative estimate of drug-likeness (QED) is 0.898. The molecule has 0 bridgehead atoms. The topological polar surface area (TPSA) is 59.6 Å². The number of rotatable bonds is 4. The molecule has 2 N–H and O–H groups in total. The van der Waals surface area contributed by atoms with E-state index < -0.39 is 11.7 Å². The van der Waals surface area contributed by atoms with Crippen LogP contribution in [0.15, 0.2) is 24.3 Å². The van der Waals surface area contributed by atoms with Crippen molar-refractivity contribution < 1.29 is 14.3 Å². The van der Waals surface area contributed by atoms with Crippen molar-refractivity contribution >= 4 is 6.09 Å². The molecule has 22 heavy (non-hydrogen) atoms. The molecule has 5 heteroatoms. The first-order chi connectivity index (χ1) is 10.3. The van der Waals surface area contributed by atoms with Gasteiger partial charge in [0.05, 0.1) is 6.04 Å². The van der Waals surface area contributed by atoms with Crippen LogP contribution < -0.4 is 15.4 Å². The fourth-order valence-corrected chi connectivity index (χ4v) is 2.32. The Morgan fingerprint density at radius 3 is 2.55 bits per heavy atom. The molecule has 1 aliphatic heterocycles. The molecule has 1 saturated heterocycles. The summed E-state index contributed by atoms with van der Waals surface area (Å²) in [5, 5.41) is 6.11. The van der Waals surface area contributed by atoms with Gasteiger partial charge in [0.25, 0.3) is 0 Å². The van der Waals surface area contributed by atoms with Gasteiger partial charge in [0, 0.05) is 6.54 Å². The molecule has 122 valence electrons. The maximum atomic E-state index is 11.8. The minimum Gasteiger partial charge on any atom is -0.489 e. The van der Waals surface area contributed by atoms with Gasteiger partial charge in [-0.15, -0.1) is 0 Å². The lowest BCUT2D eigenvalue weighted by atomic mass is 10.1. The fraction of sp³-hybridized carbons (Fsp3) is 0.588. The van der Waals surface area contributed by atoms with E-state index in [0.717, 1.165) is 30.8 Å². The number of carbonyl (C=O) groups excluding carboxylic acids is 1. The maximum Gasteiger partial charge on any atom is 0.408 e. The van der Waals surface area contributed by atoms with Crippen LogP contribution in [0, 0.1) is 0 Å². The summed E-state index contributed by atoms with van der Waals surface area (Å²) in [5.41, 5.74) is 0.527. The third-order valence-electron chi connectivity index (χ3n) is 3.43. The number of hydrogen-bond acceptors (Lipinski definition) is 4. The first kappa shape index (κ1) is 16.6. The van der Waals surface area contributed by atoms with Crippen molar-refractivity contribution in [3.63, 3.8) is 0 Å². The van der Waals surface area contributed by atoms with Gasteiger partial charge in [0.1, 0.15) is 17.5 Å². The van der Waals surface area contributed by atoms with Crippen LogP contribution in [-0.2, 0) is 4.74 Å². The Bertz CT molecular complexity index is 488. The van der Waals surface area contributed by atoms with Crippen LogP contribution in [0.3, 0.4) is 0 Å². The highest BCUT2D eigenvalue weighted by Gasteiger charge is 2.19. The van der Waals surface area contributed by atoms with E-state index in [1.807, 2.05) is 52.0 Å². The molecule has 2 rings (SSSR count). The Morgan fingerprint density at radius 2 is 2.00 bits per heavy atom. The summed E-state index contributed by atoms with van der Waals surface area (Å²) in [4.78, 5) is 11.8. The number of carbonyl (C=O) groups is 1. The summed E-state index contributed by atoms with van der Waals surface area (Å²) in [6.45, 7) is 9.39. The van der Waals surface area contributed by atoms with Crippen molar-refractivity contribution in [1.29, 1.82) is 0 Å². The highest BCUT2D eigenvalue weighted by molar-refractivity contribution is 5.68. The van der Waals surface area contributed by atoms with Crippen LogP contribution in [-0.4, -0.2) is 30.9 Å². The summed E-state index contributed by atoms with van der Waals surface area (Å²) >= 11 is 0. The van der Waals surface area contributed by atoms with E-state index >= 15 is 0 Å². The highest BCUT2D eigenvalue weighted by Crippen LogP contribution is 2.20. The Balaban J connectivity index is 1.87. The Kier molecular flexibility index (Phi) is 5.29. The molecule has 1 aromatic rings. The van der Waals surface area contributed by atoms with Crippen LogP contribution >= 0.6 is 0 Å². The molecule has 1 aliphatic rings. The molecule has 2 atom stereocenters. The van der Waals surface area contributed by atoms with Gasteiger partial charge in [-0.05, 0) is 58.4 Å². The van der Waals surface area contributed by atoms with Crippen molar-refractivity contribution in [2.45, 2.75) is 51.9 Å². The van der Waals surface area contributed by atoms with Crippen LogP contribution in [0.25, 0.3) is 0 Å². The Hall–Kier alpha value is -1.75. The van der Waals surface area contributed by atoms with E-state index in [4.69, 9.17) is 9.47 Å². The lowest BCUT2D eigenvalue weighted by Crippen LogP contribution is -2.34. The lowest BCUT2D eigenvalue weighted by Gasteiger charge is -2.22. The van der Waals surface area contributed by atoms with Crippen LogP contribution in [0.5, 0.6) is 5.75 Å². The van der Waals surface area contributed by atoms with Gasteiger partial charge in [0.2, 0.25) is 0 Å². The molecule has 0 saturated carbocycles. The monoisotopic (exact) mass is 306 g/mol. The van der Waals surface area contributed by atoms with Gasteiger partial charge < -0.3 is 20.1 Å². The summed E-state index contributed by atoms with van der Waals surface area (Å²) in [6, 6.07) is 7.72. The van der Waals surface area contributed by atoms with E-state index in [0.29, 0.717) is 0 Å². The predicted octanol–water partition coefficient (Wildman–Crippen LogP) is 3.01. The van der Waals surface area contributed by atoms with Crippen LogP contribution in [0.2, 0.25) is 0 Å². The van der Waals surface area contributed by atoms with Gasteiger partial charge >= 0.3 is 6.09 Å². The zero-order valence-corrected chi connectivity index (χ0v) is 13.8. The molecule has 1 fully saturated rings. The van der Waals surface area contributed by atoms with Gasteiger partial charge in [0.15, 0.2) is 0 Å². The fourth-order valence-electron chi connectivity index (χ4n) is 2.32. The van der Waals surface area contributed by atoms with Crippen molar-refractivity contribution in [3.05, 3.63) is 29.8 Å². The highest BCUT2D eigenvalue weighted by atomic mass is 16.6. The minimum absolute atomic E-state index is 0.114. The first-order valence-electron chi connectivity index (χ1n) is 7.80. The summed E-state index contributed by atoms with van der Waals surface area (Å²) in [6.07, 6.45) is 0.888. The Morgan fingerprint density at radius 1 is 1.32 bits per heavy atom. The van der Waals surface area contributed by atoms with Crippen molar-refractivity contribution in [2.75, 3.05) is 13.1 Å². The van der Waals surface area contributed by atoms with E-state index in [-0.39, 0.29) is 12.1 Å². The second kappa shape index (κ2) is 7.01. The van der Waals surface area contributed by atoms with Crippen LogP contribution in [0.1, 0.15) is 45.7 Å². The molecule has 0 aliphatic carbocycles. The number of benzene rings is 1. The van der Waals surface area contributed by atoms with Crippen molar-refractivity contribution in [1.82, 2.24) is 10.6 Å². The Labute approximate surface area is 132 Å². The molecule has 0 radical (unpaired) electrons. The zero-order chi connectivity index (χ0) is 16.2. The third kappa shape index (κ3) is 5.22. The van der Waals surface area contributed by atoms with E-state index in [2.05, 4.69) is 10.6 Å². The second-order valence-electron chi connectivity index (χ2n) is 6.67. The third-order valence-corrected chi connectivity index (χ3v) is 3.43. The normalized spacial score (nSPS) is 19.5. The maximum absolute atomic E-state index is 11.8. The molecule has 1 amide bonds. The number of amides is 1. The van der Waals surface area contributed by atoms with Gasteiger partial charge in [-0.25, -0.2) is 4.79 Å². The standard InChI is InChI=1S/C17H26N2O3/c1-12(19-16(20)22-17(2,3)4)13-5-7-14(8-6-13)21-15-9-10-18-11-15/h5-8,12,15,18H,9-11H2,1-4H3,(H,19,20)/t12-,15+/m0/s1. The van der Waals surface area contributed by atoms with Crippen molar-refractivity contribution in [2.24, 2.45) is 0 Å². The van der Waals surface area contributed by atoms with Gasteiger partial charge in [-0.2, -0.15) is 0 Å². The predicted molar refractivity (Wildman–Crippen MR) is 86.1 cm³/mol. The summed E-state index contributed by atoms with van der Waals surface area (Å²) in [7, 11) is 0. The molecular weight excluding hydrogens is 280 g/mol. The first-order valence-corrected chi connectivity index (χ1v) is 7.80. The molecular formula is C17H26N2O3. The zero-order valence-electron chi connectivity index (χ0n) is 13.8. The average molecular weight is 306 g/mol. The summed E-state index contributed by atoms with van der Waals surface area (Å²) < 4.78 is 11.1. The minimum atomic E-state index is -0.489. The van der Waals surface area contributed by atoms with E-state index in [1.54, 1.807) is 0 Å². The van der Waals surface area contributed by atoms with Gasteiger partial charge in [-0.3, -0.25) is 0 Å². The number of nitrogens with one attached hydrogen (secondary N) is 2. The van der Waals surface area contributed by atoms with Gasteiger partial charge in [-0.1, -0.05) is 12.1 Å². The molecule has 1 heterocycles. The summed E-state index contributed by atoms with van der Waals surface area (Å²) in [5.74, 6) is 0.863. The second-order valence-corrected chi connectivity index (χ2v) is 6.67. The molecule has 5 nitrogen and oxygen atoms in total. The molecule has 0 spiro atoms. The van der Waals surface area contributed by atoms with E-state index in [1.165, 1.54) is 0 Å². The number of ether oxygens (including phenoxy) is 2. The number of alkyl carbamates (subject to hydrolysis) is 1. The van der Waals surface area contributed by atoms with Crippen molar-refractivity contribution in [3.8, 4) is 5.75 Å². The molecule has 0 aromatic heterocycles. The number of hydrogen-bond donors (Lipinski definition) is 2. The largest absolute Gasteiger partial charge is 0.489 e. The van der Waals surface area contributed by atoms with Crippen LogP contribution in [0.4, 0.5) is 4.79 Å². The smallest absolute Gasteiger partial charge is 0.408 e. The molecule has 0 unspecified atom stereocenters. The SMILES string of the molecule is C[C@H](NC(=O)OC(C)(C)C)c1ccc(O[C@@H]2CCNC2)cc1. The van der Waals surface area contributed by atoms with E-state index in [9.17, 15) is 4.79 Å². The lowest BCUT2D eigenvalue weighted by molar-refractivity contribution is 0.0508. The average Bonchev–Trinajstić information content (AvgIpc) is 2.90.